The molecule has 0 aromatic carbocycles. The highest BCUT2D eigenvalue weighted by molar-refractivity contribution is 5.81. The molecule has 1 rings (SSSR count). The Morgan fingerprint density at radius 3 is 1.57 bits per heavy atom. The van der Waals surface area contributed by atoms with Gasteiger partial charge in [-0.1, -0.05) is 140 Å². The van der Waals surface area contributed by atoms with Gasteiger partial charge in [-0.25, -0.2) is 0 Å². The Bertz CT molecular complexity index is 903. The van der Waals surface area contributed by atoms with Crippen LogP contribution in [0.5, 0.6) is 0 Å². The Labute approximate surface area is 315 Å². The number of carbonyl (C=O) groups excluding carboxylic acids is 2. The van der Waals surface area contributed by atoms with Crippen molar-refractivity contribution in [3.8, 4) is 0 Å². The van der Waals surface area contributed by atoms with Gasteiger partial charge in [0.15, 0.2) is 0 Å². The number of esters is 1. The molecule has 2 atom stereocenters. The maximum Gasteiger partial charge on any atom is 0.306 e. The molecule has 0 aliphatic heterocycles. The summed E-state index contributed by atoms with van der Waals surface area (Å²) in [6, 6.07) is 0. The smallest absolute Gasteiger partial charge is 0.306 e. The van der Waals surface area contributed by atoms with Gasteiger partial charge in [0.25, 0.3) is 0 Å². The predicted octanol–water partition coefficient (Wildman–Crippen LogP) is 13.3. The monoisotopic (exact) mass is 713 g/mol. The summed E-state index contributed by atoms with van der Waals surface area (Å²) in [5.74, 6) is 0.185. The fourth-order valence-electron chi connectivity index (χ4n) is 6.44. The first-order chi connectivity index (χ1) is 25.2. The van der Waals surface area contributed by atoms with Crippen LogP contribution >= 0.6 is 0 Å². The molecule has 2 unspecified atom stereocenters. The van der Waals surface area contributed by atoms with Gasteiger partial charge in [0.2, 0.25) is 0 Å². The summed E-state index contributed by atoms with van der Waals surface area (Å²) in [4.78, 5) is 24.0. The molecule has 0 heterocycles. The summed E-state index contributed by atoms with van der Waals surface area (Å²) in [6.45, 7) is 6.58. The molecule has 0 aromatic rings. The molecule has 0 spiro atoms. The van der Waals surface area contributed by atoms with E-state index in [2.05, 4.69) is 62.5 Å². The first-order valence-electron chi connectivity index (χ1n) is 21.6. The van der Waals surface area contributed by atoms with Crippen molar-refractivity contribution in [3.05, 3.63) is 48.6 Å². The van der Waals surface area contributed by atoms with Gasteiger partial charge >= 0.3 is 5.97 Å². The summed E-state index contributed by atoms with van der Waals surface area (Å²) in [5.41, 5.74) is 0. The van der Waals surface area contributed by atoms with Crippen LogP contribution in [0.3, 0.4) is 0 Å². The lowest BCUT2D eigenvalue weighted by Gasteiger charge is -2.19. The Balaban J connectivity index is 2.13. The van der Waals surface area contributed by atoms with Gasteiger partial charge in [-0.3, -0.25) is 9.59 Å². The fourth-order valence-corrected chi connectivity index (χ4v) is 6.44. The summed E-state index contributed by atoms with van der Waals surface area (Å²) < 4.78 is 17.7. The minimum absolute atomic E-state index is 0.141. The van der Waals surface area contributed by atoms with E-state index in [1.807, 2.05) is 0 Å². The molecular weight excluding hydrogens is 633 g/mol. The second kappa shape index (κ2) is 37.8. The molecule has 1 saturated carbocycles. The third-order valence-electron chi connectivity index (χ3n) is 9.72. The van der Waals surface area contributed by atoms with E-state index in [-0.39, 0.29) is 30.4 Å². The molecule has 1 fully saturated rings. The number of ketones is 1. The molecule has 0 radical (unpaired) electrons. The Kier molecular flexibility index (Phi) is 34.8. The number of hydrogen-bond donors (Lipinski definition) is 0. The van der Waals surface area contributed by atoms with E-state index in [9.17, 15) is 9.59 Å². The van der Waals surface area contributed by atoms with Crippen LogP contribution in [0.25, 0.3) is 0 Å². The lowest BCUT2D eigenvalue weighted by molar-refractivity contribution is -0.151. The van der Waals surface area contributed by atoms with Crippen LogP contribution in [-0.2, 0) is 23.8 Å². The number of carbonyl (C=O) groups is 2. The second-order valence-electron chi connectivity index (χ2n) is 14.8. The highest BCUT2D eigenvalue weighted by Crippen LogP contribution is 2.25. The van der Waals surface area contributed by atoms with E-state index in [1.165, 1.54) is 122 Å². The molecule has 1 aliphatic carbocycles. The Hall–Kier alpha value is -1.98. The average molecular weight is 713 g/mol. The third-order valence-corrected chi connectivity index (χ3v) is 9.72. The van der Waals surface area contributed by atoms with Crippen LogP contribution in [0.4, 0.5) is 0 Å². The first-order valence-corrected chi connectivity index (χ1v) is 21.6. The number of ether oxygens (including phenoxy) is 3. The van der Waals surface area contributed by atoms with Gasteiger partial charge in [-0.05, 0) is 89.4 Å². The van der Waals surface area contributed by atoms with E-state index in [0.29, 0.717) is 32.5 Å². The zero-order valence-corrected chi connectivity index (χ0v) is 33.4. The minimum Gasteiger partial charge on any atom is -0.463 e. The molecule has 0 amide bonds. The second-order valence-corrected chi connectivity index (χ2v) is 14.8. The van der Waals surface area contributed by atoms with Crippen LogP contribution in [0.15, 0.2) is 48.6 Å². The Morgan fingerprint density at radius 1 is 0.608 bits per heavy atom. The minimum atomic E-state index is -0.235. The number of Topliss-reactive ketones (excluding diaryl/α,β-unsaturated/α-hetero) is 1. The largest absolute Gasteiger partial charge is 0.463 e. The van der Waals surface area contributed by atoms with E-state index < -0.39 is 0 Å². The lowest BCUT2D eigenvalue weighted by Crippen LogP contribution is -2.28. The van der Waals surface area contributed by atoms with Crippen molar-refractivity contribution < 1.29 is 23.8 Å². The maximum absolute atomic E-state index is 12.4. The number of rotatable bonds is 37. The number of unbranched alkanes of at least 4 members (excludes halogenated alkanes) is 18. The van der Waals surface area contributed by atoms with Crippen molar-refractivity contribution in [2.45, 2.75) is 200 Å². The average Bonchev–Trinajstić information content (AvgIpc) is 3.54. The molecule has 1 aliphatic rings. The van der Waals surface area contributed by atoms with Crippen LogP contribution in [0.2, 0.25) is 0 Å². The van der Waals surface area contributed by atoms with Gasteiger partial charge in [0.05, 0.1) is 6.61 Å². The molecule has 5 nitrogen and oxygen atoms in total. The highest BCUT2D eigenvalue weighted by Gasteiger charge is 2.25. The van der Waals surface area contributed by atoms with E-state index in [4.69, 9.17) is 14.2 Å². The molecule has 0 saturated heterocycles. The molecular formula is C46H80O5. The first kappa shape index (κ1) is 47.0. The fraction of sp³-hybridized carbons (Fsp3) is 0.783. The topological polar surface area (TPSA) is 61.8 Å². The van der Waals surface area contributed by atoms with Gasteiger partial charge in [0.1, 0.15) is 18.5 Å². The maximum atomic E-state index is 12.4. The van der Waals surface area contributed by atoms with Crippen molar-refractivity contribution >= 4 is 11.8 Å². The van der Waals surface area contributed by atoms with Gasteiger partial charge in [-0.15, -0.1) is 0 Å². The molecule has 0 N–H and O–H groups in total. The normalized spacial score (nSPS) is 15.8. The standard InChI is InChI=1S/C46H80O5/c1-3-5-7-9-11-13-15-17-19-21-23-25-27-29-31-33-37-49-41-45(42-51-46(48)40-43-35-36-44(47)39-43)50-38-34-32-30-28-26-24-22-20-18-16-14-12-10-8-6-4-2/h11-14,17-20,43,45H,3-10,15-16,21-42H2,1-2H3/b13-11-,14-12-,19-17-,20-18-. The molecule has 0 aromatic heterocycles. The van der Waals surface area contributed by atoms with E-state index in [1.54, 1.807) is 0 Å². The van der Waals surface area contributed by atoms with Gasteiger partial charge in [0, 0.05) is 32.5 Å². The van der Waals surface area contributed by atoms with Gasteiger partial charge in [-0.2, -0.15) is 0 Å². The SMILES string of the molecule is CCCCC/C=C\C/C=C\CCCCCCCCOCC(COC(=O)CC1CCC(=O)C1)OCCCCCCCC/C=C\C/C=C\CCCCC. The van der Waals surface area contributed by atoms with Crippen LogP contribution in [0, 0.1) is 5.92 Å². The predicted molar refractivity (Wildman–Crippen MR) is 217 cm³/mol. The van der Waals surface area contributed by atoms with Crippen molar-refractivity contribution in [2.75, 3.05) is 26.4 Å². The molecule has 294 valence electrons. The summed E-state index contributed by atoms with van der Waals surface area (Å²) in [5, 5.41) is 0. The van der Waals surface area contributed by atoms with Crippen LogP contribution < -0.4 is 0 Å². The van der Waals surface area contributed by atoms with E-state index >= 15 is 0 Å². The van der Waals surface area contributed by atoms with E-state index in [0.717, 1.165) is 45.1 Å². The third kappa shape index (κ3) is 33.6. The molecule has 5 heteroatoms. The van der Waals surface area contributed by atoms with Crippen molar-refractivity contribution in [1.29, 1.82) is 0 Å². The number of allylic oxidation sites excluding steroid dienone is 8. The van der Waals surface area contributed by atoms with Crippen molar-refractivity contribution in [3.63, 3.8) is 0 Å². The summed E-state index contributed by atoms with van der Waals surface area (Å²) in [6.07, 6.45) is 50.0. The Morgan fingerprint density at radius 2 is 1.08 bits per heavy atom. The van der Waals surface area contributed by atoms with Crippen LogP contribution in [0.1, 0.15) is 194 Å². The van der Waals surface area contributed by atoms with Crippen molar-refractivity contribution in [1.82, 2.24) is 0 Å². The van der Waals surface area contributed by atoms with Crippen molar-refractivity contribution in [2.24, 2.45) is 5.92 Å². The van der Waals surface area contributed by atoms with Gasteiger partial charge < -0.3 is 14.2 Å². The lowest BCUT2D eigenvalue weighted by atomic mass is 10.0. The van der Waals surface area contributed by atoms with Crippen LogP contribution in [-0.4, -0.2) is 44.3 Å². The zero-order valence-electron chi connectivity index (χ0n) is 33.4. The quantitative estimate of drug-likeness (QED) is 0.0364. The molecule has 51 heavy (non-hydrogen) atoms. The summed E-state index contributed by atoms with van der Waals surface area (Å²) in [7, 11) is 0. The zero-order chi connectivity index (χ0) is 36.7. The summed E-state index contributed by atoms with van der Waals surface area (Å²) >= 11 is 0. The molecule has 0 bridgehead atoms. The number of hydrogen-bond acceptors (Lipinski definition) is 5. The highest BCUT2D eigenvalue weighted by atomic mass is 16.6.